The van der Waals surface area contributed by atoms with Crippen molar-refractivity contribution in [2.24, 2.45) is 0 Å². The summed E-state index contributed by atoms with van der Waals surface area (Å²) < 4.78 is 1.37. The largest absolute Gasteiger partial charge is 0.349 e. The average molecular weight is 323 g/mol. The van der Waals surface area contributed by atoms with Crippen LogP contribution >= 0.6 is 11.3 Å². The molecule has 0 aliphatic heterocycles. The van der Waals surface area contributed by atoms with Gasteiger partial charge in [0.15, 0.2) is 0 Å². The molecule has 2 aromatic heterocycles. The minimum Gasteiger partial charge on any atom is -0.349 e. The zero-order valence-corrected chi connectivity index (χ0v) is 14.1. The van der Waals surface area contributed by atoms with E-state index in [0.29, 0.717) is 11.9 Å². The van der Waals surface area contributed by atoms with Crippen molar-refractivity contribution in [1.29, 1.82) is 0 Å². The summed E-state index contributed by atoms with van der Waals surface area (Å²) in [5.41, 5.74) is -0.154. The minimum absolute atomic E-state index is 0.0181. The van der Waals surface area contributed by atoms with Gasteiger partial charge in [-0.3, -0.25) is 14.2 Å². The van der Waals surface area contributed by atoms with E-state index in [-0.39, 0.29) is 18.0 Å². The number of nitrogens with zero attached hydrogens (tertiary/aromatic N) is 2. The van der Waals surface area contributed by atoms with Crippen molar-refractivity contribution in [1.82, 2.24) is 14.9 Å². The lowest BCUT2D eigenvalue weighted by molar-refractivity contribution is -0.895. The Balaban J connectivity index is 1.97. The number of likely N-dealkylation sites (N-methyl/N-ethyl adjacent to an activating group) is 1. The van der Waals surface area contributed by atoms with E-state index < -0.39 is 0 Å². The zero-order chi connectivity index (χ0) is 16.1. The molecular weight excluding hydrogens is 300 g/mol. The fourth-order valence-corrected chi connectivity index (χ4v) is 3.22. The third kappa shape index (κ3) is 3.92. The molecule has 0 atom stereocenters. The molecule has 0 bridgehead atoms. The van der Waals surface area contributed by atoms with Gasteiger partial charge in [-0.25, -0.2) is 4.98 Å². The average Bonchev–Trinajstić information content (AvgIpc) is 2.88. The lowest BCUT2D eigenvalue weighted by atomic mass is 10.3. The van der Waals surface area contributed by atoms with E-state index in [9.17, 15) is 9.59 Å². The number of carbonyl (C=O) groups is 1. The molecule has 0 aliphatic carbocycles. The van der Waals surface area contributed by atoms with Gasteiger partial charge in [0.05, 0.1) is 37.9 Å². The Labute approximate surface area is 133 Å². The van der Waals surface area contributed by atoms with Gasteiger partial charge < -0.3 is 10.2 Å². The van der Waals surface area contributed by atoms with Gasteiger partial charge in [-0.05, 0) is 26.8 Å². The van der Waals surface area contributed by atoms with Crippen LogP contribution in [0.5, 0.6) is 0 Å². The van der Waals surface area contributed by atoms with Gasteiger partial charge in [0.25, 0.3) is 5.56 Å². The van der Waals surface area contributed by atoms with E-state index in [1.807, 2.05) is 13.0 Å². The molecule has 2 aromatic rings. The van der Waals surface area contributed by atoms with Crippen LogP contribution in [-0.4, -0.2) is 41.6 Å². The summed E-state index contributed by atoms with van der Waals surface area (Å²) in [6.07, 6.45) is 1.45. The summed E-state index contributed by atoms with van der Waals surface area (Å²) in [5.74, 6) is -0.151. The van der Waals surface area contributed by atoms with E-state index in [1.165, 1.54) is 27.1 Å². The lowest BCUT2D eigenvalue weighted by Crippen LogP contribution is -3.12. The van der Waals surface area contributed by atoms with Crippen molar-refractivity contribution in [2.75, 3.05) is 26.2 Å². The molecule has 0 fully saturated rings. The van der Waals surface area contributed by atoms with Crippen LogP contribution in [0.3, 0.4) is 0 Å². The molecule has 120 valence electrons. The Kier molecular flexibility index (Phi) is 5.68. The molecule has 0 radical (unpaired) electrons. The number of aromatic nitrogens is 2. The van der Waals surface area contributed by atoms with Crippen LogP contribution in [-0.2, 0) is 11.3 Å². The zero-order valence-electron chi connectivity index (χ0n) is 13.3. The maximum absolute atomic E-state index is 12.3. The predicted molar refractivity (Wildman–Crippen MR) is 88.5 cm³/mol. The van der Waals surface area contributed by atoms with Gasteiger partial charge in [0, 0.05) is 4.88 Å². The number of fused-ring (bicyclic) bond motifs is 1. The van der Waals surface area contributed by atoms with Crippen LogP contribution in [0.2, 0.25) is 0 Å². The van der Waals surface area contributed by atoms with Gasteiger partial charge in [-0.2, -0.15) is 0 Å². The summed E-state index contributed by atoms with van der Waals surface area (Å²) in [6.45, 7) is 9.83. The van der Waals surface area contributed by atoms with Crippen LogP contribution in [0.15, 0.2) is 17.2 Å². The highest BCUT2D eigenvalue weighted by atomic mass is 32.1. The molecule has 7 heteroatoms. The standard InChI is InChI=1S/C15H22N4O2S/c1-4-18(5-2)7-6-16-13(20)9-19-10-17-14-12(15(19)21)8-11(3)22-14/h8,10H,4-7,9H2,1-3H3,(H,16,20)/p+1. The van der Waals surface area contributed by atoms with E-state index in [1.54, 1.807) is 0 Å². The Bertz CT molecular complexity index is 703. The Hall–Kier alpha value is -1.73. The number of hydrogen-bond acceptors (Lipinski definition) is 4. The van der Waals surface area contributed by atoms with E-state index >= 15 is 0 Å². The second kappa shape index (κ2) is 7.51. The first-order valence-electron chi connectivity index (χ1n) is 7.61. The minimum atomic E-state index is -0.154. The van der Waals surface area contributed by atoms with Gasteiger partial charge in [0.1, 0.15) is 11.4 Å². The third-order valence-corrected chi connectivity index (χ3v) is 4.71. The second-order valence-electron chi connectivity index (χ2n) is 5.31. The van der Waals surface area contributed by atoms with Crippen LogP contribution in [0.1, 0.15) is 18.7 Å². The third-order valence-electron chi connectivity index (χ3n) is 3.76. The Morgan fingerprint density at radius 1 is 1.41 bits per heavy atom. The summed E-state index contributed by atoms with van der Waals surface area (Å²) >= 11 is 1.49. The molecule has 1 amide bonds. The highest BCUT2D eigenvalue weighted by molar-refractivity contribution is 7.18. The van der Waals surface area contributed by atoms with Crippen LogP contribution < -0.4 is 15.8 Å². The van der Waals surface area contributed by atoms with Crippen LogP contribution in [0, 0.1) is 6.92 Å². The lowest BCUT2D eigenvalue weighted by Gasteiger charge is -2.15. The fraction of sp³-hybridized carbons (Fsp3) is 0.533. The first kappa shape index (κ1) is 16.6. The maximum Gasteiger partial charge on any atom is 0.262 e. The molecule has 2 N–H and O–H groups in total. The fourth-order valence-electron chi connectivity index (χ4n) is 2.39. The Morgan fingerprint density at radius 2 is 2.14 bits per heavy atom. The number of quaternary nitrogens is 1. The van der Waals surface area contributed by atoms with Gasteiger partial charge in [0.2, 0.25) is 5.91 Å². The Morgan fingerprint density at radius 3 is 2.82 bits per heavy atom. The van der Waals surface area contributed by atoms with Gasteiger partial charge in [-0.15, -0.1) is 11.3 Å². The molecule has 0 aliphatic rings. The molecule has 0 aromatic carbocycles. The summed E-state index contributed by atoms with van der Waals surface area (Å²) in [6, 6.07) is 1.83. The first-order valence-corrected chi connectivity index (χ1v) is 8.42. The van der Waals surface area contributed by atoms with Crippen LogP contribution in [0.25, 0.3) is 10.2 Å². The van der Waals surface area contributed by atoms with Crippen molar-refractivity contribution < 1.29 is 9.69 Å². The highest BCUT2D eigenvalue weighted by Gasteiger charge is 2.10. The molecular formula is C15H23N4O2S+. The summed E-state index contributed by atoms with van der Waals surface area (Å²) in [7, 11) is 0. The number of aryl methyl sites for hydroxylation is 1. The summed E-state index contributed by atoms with van der Waals surface area (Å²) in [4.78, 5) is 31.7. The number of rotatable bonds is 7. The topological polar surface area (TPSA) is 68.4 Å². The summed E-state index contributed by atoms with van der Waals surface area (Å²) in [5, 5.41) is 3.45. The predicted octanol–water partition coefficient (Wildman–Crippen LogP) is -0.193. The SMILES string of the molecule is CC[NH+](CC)CCNC(=O)Cn1cnc2sc(C)cc2c1=O. The monoisotopic (exact) mass is 323 g/mol. The molecule has 6 nitrogen and oxygen atoms in total. The first-order chi connectivity index (χ1) is 10.5. The molecule has 0 saturated heterocycles. The molecule has 0 spiro atoms. The second-order valence-corrected chi connectivity index (χ2v) is 6.55. The van der Waals surface area contributed by atoms with Crippen molar-refractivity contribution >= 4 is 27.5 Å². The molecule has 2 rings (SSSR count). The molecule has 22 heavy (non-hydrogen) atoms. The number of hydrogen-bond donors (Lipinski definition) is 2. The van der Waals surface area contributed by atoms with Crippen LogP contribution in [0.4, 0.5) is 0 Å². The number of thiophene rings is 1. The van der Waals surface area contributed by atoms with Gasteiger partial charge in [-0.1, -0.05) is 0 Å². The molecule has 0 saturated carbocycles. The van der Waals surface area contributed by atoms with Crippen molar-refractivity contribution in [3.8, 4) is 0 Å². The quantitative estimate of drug-likeness (QED) is 0.742. The van der Waals surface area contributed by atoms with E-state index in [0.717, 1.165) is 29.3 Å². The maximum atomic E-state index is 12.3. The normalized spacial score (nSPS) is 11.3. The number of carbonyl (C=O) groups excluding carboxylic acids is 1. The highest BCUT2D eigenvalue weighted by Crippen LogP contribution is 2.19. The van der Waals surface area contributed by atoms with Crippen molar-refractivity contribution in [2.45, 2.75) is 27.3 Å². The number of amides is 1. The van der Waals surface area contributed by atoms with Crippen molar-refractivity contribution in [3.05, 3.63) is 27.6 Å². The number of nitrogens with one attached hydrogen (secondary N) is 2. The molecule has 0 unspecified atom stereocenters. The molecule has 2 heterocycles. The van der Waals surface area contributed by atoms with E-state index in [2.05, 4.69) is 24.1 Å². The van der Waals surface area contributed by atoms with E-state index in [4.69, 9.17) is 0 Å². The van der Waals surface area contributed by atoms with Crippen molar-refractivity contribution in [3.63, 3.8) is 0 Å². The smallest absolute Gasteiger partial charge is 0.262 e. The van der Waals surface area contributed by atoms with Gasteiger partial charge >= 0.3 is 0 Å².